The number of rotatable bonds is 3. The molecule has 0 fully saturated rings. The number of nitrogens with zero attached hydrogens (tertiary/aromatic N) is 3. The van der Waals surface area contributed by atoms with Gasteiger partial charge in [0.05, 0.1) is 26.9 Å². The van der Waals surface area contributed by atoms with Crippen molar-refractivity contribution in [3.8, 4) is 5.69 Å². The van der Waals surface area contributed by atoms with Gasteiger partial charge in [-0.3, -0.25) is 0 Å². The molecule has 0 saturated carbocycles. The van der Waals surface area contributed by atoms with E-state index >= 15 is 0 Å². The fourth-order valence-electron chi connectivity index (χ4n) is 1.38. The smallest absolute Gasteiger partial charge is 0.139 e. The second kappa shape index (κ2) is 5.27. The topological polar surface area (TPSA) is 30.7 Å². The van der Waals surface area contributed by atoms with Gasteiger partial charge in [0.25, 0.3) is 0 Å². The van der Waals surface area contributed by atoms with Gasteiger partial charge in [0.2, 0.25) is 0 Å². The van der Waals surface area contributed by atoms with Gasteiger partial charge in [0, 0.05) is 6.07 Å². The van der Waals surface area contributed by atoms with Crippen molar-refractivity contribution < 1.29 is 4.39 Å². The summed E-state index contributed by atoms with van der Waals surface area (Å²) in [7, 11) is 0. The van der Waals surface area contributed by atoms with Crippen molar-refractivity contribution in [2.24, 2.45) is 0 Å². The molecule has 0 bridgehead atoms. The quantitative estimate of drug-likeness (QED) is 0.772. The van der Waals surface area contributed by atoms with E-state index in [1.165, 1.54) is 6.07 Å². The first-order valence-corrected chi connectivity index (χ1v) is 6.84. The lowest BCUT2D eigenvalue weighted by Gasteiger charge is -2.02. The van der Waals surface area contributed by atoms with Crippen LogP contribution in [0, 0.1) is 5.82 Å². The standard InChI is InChI=1S/C11H10Br2FN3/c1-2-8(12)11-6-17(16-15-11)7-3-4-9(13)10(14)5-7/h3-6,8H,2H2,1H3. The van der Waals surface area contributed by atoms with Crippen molar-refractivity contribution in [2.75, 3.05) is 0 Å². The number of hydrogen-bond acceptors (Lipinski definition) is 2. The first-order chi connectivity index (χ1) is 8.11. The summed E-state index contributed by atoms with van der Waals surface area (Å²) in [6.45, 7) is 2.05. The molecule has 0 N–H and O–H groups in total. The van der Waals surface area contributed by atoms with Gasteiger partial charge in [-0.05, 0) is 34.5 Å². The Hall–Kier alpha value is -0.750. The summed E-state index contributed by atoms with van der Waals surface area (Å²) in [6.07, 6.45) is 2.72. The molecule has 2 rings (SSSR count). The molecule has 0 aliphatic carbocycles. The lowest BCUT2D eigenvalue weighted by atomic mass is 10.3. The average molecular weight is 363 g/mol. The number of alkyl halides is 1. The highest BCUT2D eigenvalue weighted by Crippen LogP contribution is 2.24. The molecule has 0 aliphatic rings. The molecule has 1 aromatic heterocycles. The molecule has 6 heteroatoms. The monoisotopic (exact) mass is 361 g/mol. The van der Waals surface area contributed by atoms with E-state index in [0.717, 1.165) is 12.1 Å². The number of hydrogen-bond donors (Lipinski definition) is 0. The maximum atomic E-state index is 13.4. The van der Waals surface area contributed by atoms with Crippen LogP contribution in [-0.4, -0.2) is 15.0 Å². The van der Waals surface area contributed by atoms with Crippen LogP contribution in [-0.2, 0) is 0 Å². The zero-order chi connectivity index (χ0) is 12.4. The third-order valence-electron chi connectivity index (χ3n) is 2.36. The minimum Gasteiger partial charge on any atom is -0.220 e. The lowest BCUT2D eigenvalue weighted by Crippen LogP contribution is -1.95. The summed E-state index contributed by atoms with van der Waals surface area (Å²) in [4.78, 5) is 0.177. The van der Waals surface area contributed by atoms with Crippen LogP contribution in [0.5, 0.6) is 0 Å². The van der Waals surface area contributed by atoms with Crippen LogP contribution in [0.25, 0.3) is 5.69 Å². The van der Waals surface area contributed by atoms with Crippen LogP contribution in [0.2, 0.25) is 0 Å². The fourth-order valence-corrected chi connectivity index (χ4v) is 1.84. The summed E-state index contributed by atoms with van der Waals surface area (Å²) in [5.41, 5.74) is 1.50. The molecular weight excluding hydrogens is 353 g/mol. The van der Waals surface area contributed by atoms with Gasteiger partial charge in [-0.25, -0.2) is 9.07 Å². The molecule has 1 unspecified atom stereocenters. The molecule has 1 aromatic carbocycles. The van der Waals surface area contributed by atoms with E-state index in [2.05, 4.69) is 49.1 Å². The Morgan fingerprint density at radius 3 is 2.88 bits per heavy atom. The third-order valence-corrected chi connectivity index (χ3v) is 4.12. The van der Waals surface area contributed by atoms with Gasteiger partial charge in [-0.2, -0.15) is 0 Å². The molecule has 90 valence electrons. The number of aromatic nitrogens is 3. The molecule has 17 heavy (non-hydrogen) atoms. The Bertz CT molecular complexity index is 527. The third kappa shape index (κ3) is 2.74. The summed E-state index contributed by atoms with van der Waals surface area (Å²) >= 11 is 6.61. The second-order valence-corrected chi connectivity index (χ2v) is 5.52. The van der Waals surface area contributed by atoms with E-state index in [1.54, 1.807) is 23.0 Å². The predicted molar refractivity (Wildman–Crippen MR) is 71.0 cm³/mol. The van der Waals surface area contributed by atoms with Gasteiger partial charge < -0.3 is 0 Å². The highest BCUT2D eigenvalue weighted by Gasteiger charge is 2.11. The number of benzene rings is 1. The van der Waals surface area contributed by atoms with E-state index in [1.807, 2.05) is 0 Å². The summed E-state index contributed by atoms with van der Waals surface area (Å²) in [5, 5.41) is 8.03. The Balaban J connectivity index is 2.33. The molecule has 0 saturated heterocycles. The number of halogens is 3. The maximum absolute atomic E-state index is 13.4. The van der Waals surface area contributed by atoms with Gasteiger partial charge in [-0.15, -0.1) is 5.10 Å². The highest BCUT2D eigenvalue weighted by atomic mass is 79.9. The van der Waals surface area contributed by atoms with E-state index in [4.69, 9.17) is 0 Å². The molecule has 0 spiro atoms. The van der Waals surface area contributed by atoms with Gasteiger partial charge in [0.1, 0.15) is 5.82 Å². The average Bonchev–Trinajstić information content (AvgIpc) is 2.81. The summed E-state index contributed by atoms with van der Waals surface area (Å²) < 4.78 is 15.4. The van der Waals surface area contributed by atoms with E-state index in [0.29, 0.717) is 10.2 Å². The molecule has 1 atom stereocenters. The molecule has 0 radical (unpaired) electrons. The lowest BCUT2D eigenvalue weighted by molar-refractivity contribution is 0.618. The molecule has 2 aromatic rings. The van der Waals surface area contributed by atoms with Crippen LogP contribution in [0.15, 0.2) is 28.9 Å². The maximum Gasteiger partial charge on any atom is 0.139 e. The molecule has 3 nitrogen and oxygen atoms in total. The van der Waals surface area contributed by atoms with Gasteiger partial charge >= 0.3 is 0 Å². The van der Waals surface area contributed by atoms with Crippen LogP contribution in [0.1, 0.15) is 23.9 Å². The normalized spacial score (nSPS) is 12.7. The van der Waals surface area contributed by atoms with Crippen molar-refractivity contribution in [2.45, 2.75) is 18.2 Å². The minimum atomic E-state index is -0.314. The molecule has 1 heterocycles. The molecule has 0 aliphatic heterocycles. The summed E-state index contributed by atoms with van der Waals surface area (Å²) in [5.74, 6) is -0.314. The van der Waals surface area contributed by atoms with Crippen LogP contribution in [0.4, 0.5) is 4.39 Å². The van der Waals surface area contributed by atoms with Crippen molar-refractivity contribution in [3.63, 3.8) is 0 Å². The van der Waals surface area contributed by atoms with E-state index < -0.39 is 0 Å². The van der Waals surface area contributed by atoms with Gasteiger partial charge in [-0.1, -0.05) is 28.1 Å². The van der Waals surface area contributed by atoms with Crippen molar-refractivity contribution in [1.29, 1.82) is 0 Å². The minimum absolute atomic E-state index is 0.177. The van der Waals surface area contributed by atoms with Crippen LogP contribution >= 0.6 is 31.9 Å². The Morgan fingerprint density at radius 2 is 2.24 bits per heavy atom. The second-order valence-electron chi connectivity index (χ2n) is 3.56. The van der Waals surface area contributed by atoms with E-state index in [-0.39, 0.29) is 10.6 Å². The zero-order valence-corrected chi connectivity index (χ0v) is 12.2. The van der Waals surface area contributed by atoms with Crippen LogP contribution in [0.3, 0.4) is 0 Å². The van der Waals surface area contributed by atoms with E-state index in [9.17, 15) is 4.39 Å². The van der Waals surface area contributed by atoms with Crippen LogP contribution < -0.4 is 0 Å². The van der Waals surface area contributed by atoms with Crippen molar-refractivity contribution in [1.82, 2.24) is 15.0 Å². The molecular formula is C11H10Br2FN3. The van der Waals surface area contributed by atoms with Crippen molar-refractivity contribution in [3.05, 3.63) is 40.4 Å². The first kappa shape index (κ1) is 12.7. The zero-order valence-electron chi connectivity index (χ0n) is 9.07. The SMILES string of the molecule is CCC(Br)c1cn(-c2ccc(Br)c(F)c2)nn1. The fraction of sp³-hybridized carbons (Fsp3) is 0.273. The predicted octanol–water partition coefficient (Wildman–Crippen LogP) is 4.01. The highest BCUT2D eigenvalue weighted by molar-refractivity contribution is 9.10. The summed E-state index contributed by atoms with van der Waals surface area (Å²) in [6, 6.07) is 4.84. The Morgan fingerprint density at radius 1 is 1.47 bits per heavy atom. The Kier molecular flexibility index (Phi) is 3.93. The first-order valence-electron chi connectivity index (χ1n) is 5.13. The molecule has 0 amide bonds. The Labute approximate surface area is 115 Å². The van der Waals surface area contributed by atoms with Gasteiger partial charge in [0.15, 0.2) is 0 Å². The largest absolute Gasteiger partial charge is 0.220 e. The van der Waals surface area contributed by atoms with Crippen molar-refractivity contribution >= 4 is 31.9 Å².